The summed E-state index contributed by atoms with van der Waals surface area (Å²) in [4.78, 5) is 12.2. The molecular formula is C18H20Cl2N2O3. The minimum atomic E-state index is -0.202. The zero-order valence-corrected chi connectivity index (χ0v) is 15.4. The molecule has 1 amide bonds. The number of anilines is 2. The van der Waals surface area contributed by atoms with Crippen LogP contribution in [0.25, 0.3) is 0 Å². The van der Waals surface area contributed by atoms with Crippen molar-refractivity contribution in [2.24, 2.45) is 0 Å². The van der Waals surface area contributed by atoms with Crippen molar-refractivity contribution in [2.75, 3.05) is 37.0 Å². The number of para-hydroxylation sites is 2. The molecule has 0 bridgehead atoms. The third kappa shape index (κ3) is 6.46. The second-order valence-electron chi connectivity index (χ2n) is 5.07. The number of hydrogen-bond acceptors (Lipinski definition) is 4. The summed E-state index contributed by atoms with van der Waals surface area (Å²) in [6.45, 7) is 3.57. The lowest BCUT2D eigenvalue weighted by Crippen LogP contribution is -2.22. The highest BCUT2D eigenvalue weighted by molar-refractivity contribution is 6.42. The van der Waals surface area contributed by atoms with Crippen molar-refractivity contribution in [1.29, 1.82) is 0 Å². The van der Waals surface area contributed by atoms with Gasteiger partial charge in [-0.2, -0.15) is 0 Å². The number of benzene rings is 2. The van der Waals surface area contributed by atoms with Crippen molar-refractivity contribution in [3.63, 3.8) is 0 Å². The monoisotopic (exact) mass is 382 g/mol. The molecule has 2 aromatic carbocycles. The van der Waals surface area contributed by atoms with Gasteiger partial charge >= 0.3 is 0 Å². The first-order valence-corrected chi connectivity index (χ1v) is 8.64. The van der Waals surface area contributed by atoms with Gasteiger partial charge in [0.1, 0.15) is 12.4 Å². The summed E-state index contributed by atoms with van der Waals surface area (Å²) in [5, 5.41) is 6.72. The van der Waals surface area contributed by atoms with Crippen LogP contribution in [-0.2, 0) is 9.53 Å². The minimum Gasteiger partial charge on any atom is -0.489 e. The van der Waals surface area contributed by atoms with Gasteiger partial charge in [0.25, 0.3) is 0 Å². The Morgan fingerprint density at radius 3 is 2.64 bits per heavy atom. The van der Waals surface area contributed by atoms with Gasteiger partial charge in [-0.1, -0.05) is 35.3 Å². The zero-order chi connectivity index (χ0) is 18.1. The van der Waals surface area contributed by atoms with E-state index in [1.807, 2.05) is 19.1 Å². The van der Waals surface area contributed by atoms with Gasteiger partial charge in [-0.25, -0.2) is 0 Å². The largest absolute Gasteiger partial charge is 0.489 e. The minimum absolute atomic E-state index is 0.0885. The molecule has 0 fully saturated rings. The average molecular weight is 383 g/mol. The van der Waals surface area contributed by atoms with Crippen LogP contribution in [0.2, 0.25) is 10.0 Å². The van der Waals surface area contributed by atoms with Gasteiger partial charge in [0.2, 0.25) is 5.91 Å². The first-order valence-electron chi connectivity index (χ1n) is 7.88. The lowest BCUT2D eigenvalue weighted by molar-refractivity contribution is -0.114. The third-order valence-corrected chi connectivity index (χ3v) is 3.96. The van der Waals surface area contributed by atoms with Crippen LogP contribution < -0.4 is 15.4 Å². The molecule has 2 rings (SSSR count). The molecule has 0 heterocycles. The van der Waals surface area contributed by atoms with Crippen molar-refractivity contribution in [1.82, 2.24) is 0 Å². The molecule has 25 heavy (non-hydrogen) atoms. The standard InChI is InChI=1S/C18H20Cl2N2O3/c1-2-24-9-10-25-17-6-4-3-5-16(17)22-18(23)12-21-13-7-8-14(19)15(20)11-13/h3-8,11,21H,2,9-10,12H2,1H3,(H,22,23). The Bertz CT molecular complexity index is 710. The number of hydrogen-bond donors (Lipinski definition) is 2. The Morgan fingerprint density at radius 1 is 1.08 bits per heavy atom. The molecule has 0 aliphatic rings. The summed E-state index contributed by atoms with van der Waals surface area (Å²) in [5.74, 6) is 0.400. The fraction of sp³-hybridized carbons (Fsp3) is 0.278. The van der Waals surface area contributed by atoms with E-state index in [9.17, 15) is 4.79 Å². The fourth-order valence-electron chi connectivity index (χ4n) is 2.03. The van der Waals surface area contributed by atoms with Crippen LogP contribution in [0.15, 0.2) is 42.5 Å². The molecule has 5 nitrogen and oxygen atoms in total. The Balaban J connectivity index is 1.88. The number of nitrogens with one attached hydrogen (secondary N) is 2. The Kier molecular flexibility index (Phi) is 7.85. The second kappa shape index (κ2) is 10.1. The van der Waals surface area contributed by atoms with Crippen LogP contribution in [0.5, 0.6) is 5.75 Å². The molecule has 0 radical (unpaired) electrons. The van der Waals surface area contributed by atoms with Gasteiger partial charge in [-0.05, 0) is 37.3 Å². The summed E-state index contributed by atoms with van der Waals surface area (Å²) in [6, 6.07) is 12.4. The van der Waals surface area contributed by atoms with Crippen LogP contribution in [0.3, 0.4) is 0 Å². The van der Waals surface area contributed by atoms with Gasteiger partial charge < -0.3 is 20.1 Å². The molecule has 0 aliphatic heterocycles. The van der Waals surface area contributed by atoms with E-state index < -0.39 is 0 Å². The SMILES string of the molecule is CCOCCOc1ccccc1NC(=O)CNc1ccc(Cl)c(Cl)c1. The Labute approximate surface area is 157 Å². The van der Waals surface area contributed by atoms with E-state index in [-0.39, 0.29) is 12.5 Å². The molecule has 0 aliphatic carbocycles. The summed E-state index contributed by atoms with van der Waals surface area (Å²) in [6.07, 6.45) is 0. The van der Waals surface area contributed by atoms with E-state index in [0.29, 0.717) is 47.0 Å². The van der Waals surface area contributed by atoms with Gasteiger partial charge in [0.05, 0.1) is 28.9 Å². The highest BCUT2D eigenvalue weighted by Crippen LogP contribution is 2.25. The van der Waals surface area contributed by atoms with E-state index >= 15 is 0 Å². The lowest BCUT2D eigenvalue weighted by Gasteiger charge is -2.13. The second-order valence-corrected chi connectivity index (χ2v) is 5.89. The summed E-state index contributed by atoms with van der Waals surface area (Å²) in [5.41, 5.74) is 1.32. The Hall–Kier alpha value is -1.95. The highest BCUT2D eigenvalue weighted by atomic mass is 35.5. The maximum Gasteiger partial charge on any atom is 0.243 e. The van der Waals surface area contributed by atoms with E-state index in [1.165, 1.54) is 0 Å². The van der Waals surface area contributed by atoms with Crippen molar-refractivity contribution in [3.05, 3.63) is 52.5 Å². The maximum absolute atomic E-state index is 12.2. The molecule has 2 N–H and O–H groups in total. The third-order valence-electron chi connectivity index (χ3n) is 3.22. The molecular weight excluding hydrogens is 363 g/mol. The number of carbonyl (C=O) groups excluding carboxylic acids is 1. The zero-order valence-electron chi connectivity index (χ0n) is 13.9. The molecule has 0 atom stereocenters. The van der Waals surface area contributed by atoms with Crippen molar-refractivity contribution in [3.8, 4) is 5.75 Å². The topological polar surface area (TPSA) is 59.6 Å². The van der Waals surface area contributed by atoms with Gasteiger partial charge in [-0.15, -0.1) is 0 Å². The van der Waals surface area contributed by atoms with E-state index in [0.717, 1.165) is 0 Å². The number of rotatable bonds is 9. The molecule has 0 saturated heterocycles. The smallest absolute Gasteiger partial charge is 0.243 e. The highest BCUT2D eigenvalue weighted by Gasteiger charge is 2.08. The number of ether oxygens (including phenoxy) is 2. The first kappa shape index (κ1) is 19.4. The molecule has 0 unspecified atom stereocenters. The van der Waals surface area contributed by atoms with Crippen LogP contribution in [0, 0.1) is 0 Å². The van der Waals surface area contributed by atoms with Crippen molar-refractivity contribution in [2.45, 2.75) is 6.92 Å². The van der Waals surface area contributed by atoms with Crippen LogP contribution >= 0.6 is 23.2 Å². The van der Waals surface area contributed by atoms with Crippen LogP contribution in [0.4, 0.5) is 11.4 Å². The van der Waals surface area contributed by atoms with Gasteiger partial charge in [-0.3, -0.25) is 4.79 Å². The van der Waals surface area contributed by atoms with Crippen molar-refractivity contribution >= 4 is 40.5 Å². The number of halogens is 2. The molecule has 134 valence electrons. The summed E-state index contributed by atoms with van der Waals surface area (Å²) < 4.78 is 10.9. The lowest BCUT2D eigenvalue weighted by atomic mass is 10.3. The summed E-state index contributed by atoms with van der Waals surface area (Å²) >= 11 is 11.8. The van der Waals surface area contributed by atoms with Gasteiger partial charge in [0, 0.05) is 12.3 Å². The predicted molar refractivity (Wildman–Crippen MR) is 102 cm³/mol. The first-order chi connectivity index (χ1) is 12.1. The van der Waals surface area contributed by atoms with Crippen LogP contribution in [-0.4, -0.2) is 32.3 Å². The number of amides is 1. The number of carbonyl (C=O) groups is 1. The van der Waals surface area contributed by atoms with E-state index in [1.54, 1.807) is 30.3 Å². The molecule has 2 aromatic rings. The Morgan fingerprint density at radius 2 is 1.88 bits per heavy atom. The predicted octanol–water partition coefficient (Wildman–Crippen LogP) is 4.46. The van der Waals surface area contributed by atoms with Crippen LogP contribution in [0.1, 0.15) is 6.92 Å². The van der Waals surface area contributed by atoms with Crippen molar-refractivity contribution < 1.29 is 14.3 Å². The van der Waals surface area contributed by atoms with E-state index in [4.69, 9.17) is 32.7 Å². The molecule has 0 aromatic heterocycles. The average Bonchev–Trinajstić information content (AvgIpc) is 2.61. The molecule has 0 saturated carbocycles. The maximum atomic E-state index is 12.2. The molecule has 0 spiro atoms. The summed E-state index contributed by atoms with van der Waals surface area (Å²) in [7, 11) is 0. The fourth-order valence-corrected chi connectivity index (χ4v) is 2.33. The molecule has 7 heteroatoms. The quantitative estimate of drug-likeness (QED) is 0.628. The normalized spacial score (nSPS) is 10.4. The van der Waals surface area contributed by atoms with E-state index in [2.05, 4.69) is 10.6 Å². The van der Waals surface area contributed by atoms with Gasteiger partial charge in [0.15, 0.2) is 0 Å².